The fraction of sp³-hybridized carbons (Fsp3) is 0.235. The lowest BCUT2D eigenvalue weighted by atomic mass is 9.91. The van der Waals surface area contributed by atoms with E-state index in [4.69, 9.17) is 0 Å². The Bertz CT molecular complexity index is 891. The van der Waals surface area contributed by atoms with Crippen molar-refractivity contribution in [3.8, 4) is 0 Å². The lowest BCUT2D eigenvalue weighted by Gasteiger charge is -2.16. The van der Waals surface area contributed by atoms with Crippen LogP contribution in [0.1, 0.15) is 23.1 Å². The van der Waals surface area contributed by atoms with E-state index in [0.717, 1.165) is 11.1 Å². The van der Waals surface area contributed by atoms with E-state index in [1.54, 1.807) is 19.1 Å². The van der Waals surface area contributed by atoms with Gasteiger partial charge in [-0.3, -0.25) is 9.52 Å². The Morgan fingerprint density at radius 3 is 2.57 bits per heavy atom. The van der Waals surface area contributed by atoms with Crippen molar-refractivity contribution in [1.82, 2.24) is 0 Å². The van der Waals surface area contributed by atoms with Crippen LogP contribution in [-0.4, -0.2) is 14.2 Å². The summed E-state index contributed by atoms with van der Waals surface area (Å²) in [5, 5.41) is 0. The molecule has 0 bridgehead atoms. The van der Waals surface area contributed by atoms with Gasteiger partial charge in [0.15, 0.2) is 0 Å². The molecule has 0 heterocycles. The van der Waals surface area contributed by atoms with Gasteiger partial charge in [0.1, 0.15) is 11.6 Å². The van der Waals surface area contributed by atoms with Crippen LogP contribution in [0.3, 0.4) is 0 Å². The molecule has 0 saturated heterocycles. The zero-order chi connectivity index (χ0) is 16.6. The van der Waals surface area contributed by atoms with Crippen LogP contribution in [0.2, 0.25) is 0 Å². The number of benzene rings is 2. The van der Waals surface area contributed by atoms with E-state index in [1.165, 1.54) is 24.3 Å². The third-order valence-corrected chi connectivity index (χ3v) is 5.34. The van der Waals surface area contributed by atoms with Crippen molar-refractivity contribution in [2.45, 2.75) is 31.1 Å². The van der Waals surface area contributed by atoms with Crippen LogP contribution in [0.4, 0.5) is 10.1 Å². The third-order valence-electron chi connectivity index (χ3n) is 3.96. The summed E-state index contributed by atoms with van der Waals surface area (Å²) in [4.78, 5) is 11.6. The van der Waals surface area contributed by atoms with Crippen LogP contribution in [-0.2, 0) is 27.7 Å². The largest absolute Gasteiger partial charge is 0.299 e. The average Bonchev–Trinajstić information content (AvgIpc) is 2.50. The van der Waals surface area contributed by atoms with Crippen LogP contribution in [0.25, 0.3) is 0 Å². The van der Waals surface area contributed by atoms with Crippen molar-refractivity contribution in [3.05, 3.63) is 58.9 Å². The number of carbonyl (C=O) groups is 1. The highest BCUT2D eigenvalue weighted by Crippen LogP contribution is 2.24. The number of aryl methyl sites for hydroxylation is 2. The second-order valence-electron chi connectivity index (χ2n) is 5.72. The number of sulfonamides is 1. The SMILES string of the molecule is Cc1cc(NS(=O)(=O)c2ccc3c(c2)CCC(=O)C3)ccc1F. The summed E-state index contributed by atoms with van der Waals surface area (Å²) in [6, 6.07) is 8.86. The van der Waals surface area contributed by atoms with E-state index in [0.29, 0.717) is 30.5 Å². The number of halogens is 1. The number of Topliss-reactive ketones (excluding diaryl/α,β-unsaturated/α-hetero) is 1. The normalized spacial score (nSPS) is 14.4. The first-order chi connectivity index (χ1) is 10.8. The van der Waals surface area contributed by atoms with Crippen LogP contribution < -0.4 is 4.72 Å². The molecule has 3 rings (SSSR count). The Hall–Kier alpha value is -2.21. The van der Waals surface area contributed by atoms with Crippen molar-refractivity contribution >= 4 is 21.5 Å². The van der Waals surface area contributed by atoms with Crippen LogP contribution >= 0.6 is 0 Å². The minimum atomic E-state index is -3.75. The third kappa shape index (κ3) is 3.27. The number of hydrogen-bond donors (Lipinski definition) is 1. The lowest BCUT2D eigenvalue weighted by molar-refractivity contribution is -0.118. The van der Waals surface area contributed by atoms with Crippen molar-refractivity contribution in [2.75, 3.05) is 4.72 Å². The van der Waals surface area contributed by atoms with Gasteiger partial charge in [0.05, 0.1) is 4.90 Å². The van der Waals surface area contributed by atoms with Crippen LogP contribution in [0.15, 0.2) is 41.3 Å². The molecule has 0 spiro atoms. The second-order valence-corrected chi connectivity index (χ2v) is 7.40. The summed E-state index contributed by atoms with van der Waals surface area (Å²) in [5.74, 6) is -0.209. The average molecular weight is 333 g/mol. The minimum absolute atomic E-state index is 0.146. The molecule has 1 aliphatic rings. The van der Waals surface area contributed by atoms with E-state index in [2.05, 4.69) is 4.72 Å². The van der Waals surface area contributed by atoms with Gasteiger partial charge in [0, 0.05) is 18.5 Å². The Balaban J connectivity index is 1.90. The fourth-order valence-electron chi connectivity index (χ4n) is 2.67. The van der Waals surface area contributed by atoms with Crippen molar-refractivity contribution in [1.29, 1.82) is 0 Å². The molecule has 0 atom stereocenters. The summed E-state index contributed by atoms with van der Waals surface area (Å²) in [7, 11) is -3.75. The maximum Gasteiger partial charge on any atom is 0.261 e. The van der Waals surface area contributed by atoms with Gasteiger partial charge in [0.2, 0.25) is 0 Å². The standard InChI is InChI=1S/C17H16FNO3S/c1-11-8-14(4-7-17(11)18)19-23(21,22)16-6-3-12-9-15(20)5-2-13(12)10-16/h3-4,6-8,10,19H,2,5,9H2,1H3. The summed E-state index contributed by atoms with van der Waals surface area (Å²) in [6.45, 7) is 1.57. The first-order valence-corrected chi connectivity index (χ1v) is 8.76. The molecule has 0 unspecified atom stereocenters. The van der Waals surface area contributed by atoms with Gasteiger partial charge >= 0.3 is 0 Å². The van der Waals surface area contributed by atoms with Gasteiger partial charge in [-0.2, -0.15) is 0 Å². The van der Waals surface area contributed by atoms with E-state index in [-0.39, 0.29) is 16.5 Å². The highest BCUT2D eigenvalue weighted by Gasteiger charge is 2.20. The Morgan fingerprint density at radius 1 is 1.04 bits per heavy atom. The smallest absolute Gasteiger partial charge is 0.261 e. The molecule has 2 aromatic rings. The van der Waals surface area contributed by atoms with Crippen molar-refractivity contribution in [3.63, 3.8) is 0 Å². The molecule has 6 heteroatoms. The van der Waals surface area contributed by atoms with Crippen molar-refractivity contribution < 1.29 is 17.6 Å². The molecule has 0 amide bonds. The van der Waals surface area contributed by atoms with Crippen LogP contribution in [0, 0.1) is 12.7 Å². The zero-order valence-electron chi connectivity index (χ0n) is 12.6. The molecule has 120 valence electrons. The maximum atomic E-state index is 13.3. The number of ketones is 1. The molecule has 23 heavy (non-hydrogen) atoms. The zero-order valence-corrected chi connectivity index (χ0v) is 13.4. The molecular weight excluding hydrogens is 317 g/mol. The molecule has 0 aromatic heterocycles. The predicted octanol–water partition coefficient (Wildman–Crippen LogP) is 2.99. The number of nitrogens with one attached hydrogen (secondary N) is 1. The Morgan fingerprint density at radius 2 is 1.83 bits per heavy atom. The molecule has 1 N–H and O–H groups in total. The predicted molar refractivity (Wildman–Crippen MR) is 85.4 cm³/mol. The van der Waals surface area contributed by atoms with Gasteiger partial charge in [0.25, 0.3) is 10.0 Å². The van der Waals surface area contributed by atoms with Gasteiger partial charge in [-0.25, -0.2) is 12.8 Å². The summed E-state index contributed by atoms with van der Waals surface area (Å²) >= 11 is 0. The first-order valence-electron chi connectivity index (χ1n) is 7.27. The maximum absolute atomic E-state index is 13.3. The summed E-state index contributed by atoms with van der Waals surface area (Å²) in [5.41, 5.74) is 2.46. The summed E-state index contributed by atoms with van der Waals surface area (Å²) in [6.07, 6.45) is 1.37. The summed E-state index contributed by atoms with van der Waals surface area (Å²) < 4.78 is 40.7. The molecule has 0 saturated carbocycles. The van der Waals surface area contributed by atoms with Gasteiger partial charge < -0.3 is 0 Å². The molecule has 1 aliphatic carbocycles. The van der Waals surface area contributed by atoms with Gasteiger partial charge in [-0.15, -0.1) is 0 Å². The fourth-order valence-corrected chi connectivity index (χ4v) is 3.77. The Kier molecular flexibility index (Phi) is 3.93. The number of anilines is 1. The van der Waals surface area contributed by atoms with E-state index < -0.39 is 10.0 Å². The van der Waals surface area contributed by atoms with Crippen molar-refractivity contribution in [2.24, 2.45) is 0 Å². The Labute approximate surface area is 134 Å². The van der Waals surface area contributed by atoms with E-state index in [1.807, 2.05) is 0 Å². The molecule has 0 aliphatic heterocycles. The monoisotopic (exact) mass is 333 g/mol. The highest BCUT2D eigenvalue weighted by molar-refractivity contribution is 7.92. The van der Waals surface area contributed by atoms with Gasteiger partial charge in [-0.1, -0.05) is 6.07 Å². The topological polar surface area (TPSA) is 63.2 Å². The van der Waals surface area contributed by atoms with E-state index in [9.17, 15) is 17.6 Å². The van der Waals surface area contributed by atoms with Crippen LogP contribution in [0.5, 0.6) is 0 Å². The molecule has 0 radical (unpaired) electrons. The molecule has 4 nitrogen and oxygen atoms in total. The second kappa shape index (κ2) is 5.77. The number of rotatable bonds is 3. The van der Waals surface area contributed by atoms with E-state index >= 15 is 0 Å². The first kappa shape index (κ1) is 15.7. The number of carbonyl (C=O) groups excluding carboxylic acids is 1. The highest BCUT2D eigenvalue weighted by atomic mass is 32.2. The quantitative estimate of drug-likeness (QED) is 0.939. The number of hydrogen-bond acceptors (Lipinski definition) is 3. The molecule has 0 fully saturated rings. The lowest BCUT2D eigenvalue weighted by Crippen LogP contribution is -2.17. The van der Waals surface area contributed by atoms with Gasteiger partial charge in [-0.05, 0) is 60.4 Å². The minimum Gasteiger partial charge on any atom is -0.299 e. The number of fused-ring (bicyclic) bond motifs is 1. The molecule has 2 aromatic carbocycles. The molecular formula is C17H16FNO3S.